The van der Waals surface area contributed by atoms with E-state index in [2.05, 4.69) is 5.43 Å². The number of hydrogen-bond acceptors (Lipinski definition) is 3. The number of carbonyl (C=O) groups excluding carboxylic acids is 2. The van der Waals surface area contributed by atoms with E-state index in [9.17, 15) is 22.8 Å². The molecule has 0 bridgehead atoms. The van der Waals surface area contributed by atoms with Crippen molar-refractivity contribution < 1.29 is 22.8 Å². The molecule has 2 aromatic rings. The van der Waals surface area contributed by atoms with Crippen LogP contribution in [0.2, 0.25) is 15.1 Å². The fourth-order valence-electron chi connectivity index (χ4n) is 2.58. The van der Waals surface area contributed by atoms with E-state index >= 15 is 0 Å². The number of rotatable bonds is 5. The second-order valence-electron chi connectivity index (χ2n) is 6.53. The number of nitrogens with one attached hydrogen (secondary N) is 1. The Hall–Kier alpha value is -2.73. The van der Waals surface area contributed by atoms with Gasteiger partial charge in [0.25, 0.3) is 11.8 Å². The zero-order valence-electron chi connectivity index (χ0n) is 16.4. The summed E-state index contributed by atoms with van der Waals surface area (Å²) in [6, 6.07) is 9.54. The maximum absolute atomic E-state index is 13.6. The maximum atomic E-state index is 13.6. The number of allylic oxidation sites excluding steroid dienone is 1. The van der Waals surface area contributed by atoms with Crippen LogP contribution in [0.3, 0.4) is 0 Å². The Morgan fingerprint density at radius 2 is 1.72 bits per heavy atom. The minimum atomic E-state index is -4.61. The quantitative estimate of drug-likeness (QED) is 0.399. The van der Waals surface area contributed by atoms with Gasteiger partial charge < -0.3 is 0 Å². The third-order valence-corrected chi connectivity index (χ3v) is 5.44. The van der Waals surface area contributed by atoms with Crippen LogP contribution < -0.4 is 5.43 Å². The van der Waals surface area contributed by atoms with Gasteiger partial charge >= 0.3 is 6.18 Å². The highest BCUT2D eigenvalue weighted by atomic mass is 35.5. The lowest BCUT2D eigenvalue weighted by Crippen LogP contribution is -2.43. The van der Waals surface area contributed by atoms with Crippen molar-refractivity contribution in [1.29, 1.82) is 5.26 Å². The molecule has 168 valence electrons. The number of carbonyl (C=O) groups is 2. The molecule has 0 fully saturated rings. The van der Waals surface area contributed by atoms with E-state index in [0.717, 1.165) is 23.2 Å². The fraction of sp³-hybridized carbons (Fsp3) is 0.190. The summed E-state index contributed by atoms with van der Waals surface area (Å²) in [4.78, 5) is 23.7. The van der Waals surface area contributed by atoms with Gasteiger partial charge in [0.05, 0.1) is 27.1 Å². The molecule has 0 aromatic heterocycles. The first kappa shape index (κ1) is 25.5. The second-order valence-corrected chi connectivity index (χ2v) is 7.72. The number of nitrogens with zero attached hydrogens (tertiary/aromatic N) is 2. The molecule has 0 spiro atoms. The first-order valence-electron chi connectivity index (χ1n) is 8.88. The number of hydrazine groups is 1. The minimum absolute atomic E-state index is 0.0316. The molecule has 0 aliphatic carbocycles. The summed E-state index contributed by atoms with van der Waals surface area (Å²) < 4.78 is 40.8. The summed E-state index contributed by atoms with van der Waals surface area (Å²) >= 11 is 17.5. The van der Waals surface area contributed by atoms with Crippen molar-refractivity contribution in [1.82, 2.24) is 10.4 Å². The highest BCUT2D eigenvalue weighted by Gasteiger charge is 2.39. The Morgan fingerprint density at radius 3 is 2.22 bits per heavy atom. The van der Waals surface area contributed by atoms with Crippen LogP contribution in [0, 0.1) is 11.3 Å². The third-order valence-electron chi connectivity index (χ3n) is 4.25. The van der Waals surface area contributed by atoms with Crippen LogP contribution in [-0.2, 0) is 4.79 Å². The van der Waals surface area contributed by atoms with E-state index in [1.165, 1.54) is 37.4 Å². The molecule has 0 heterocycles. The summed E-state index contributed by atoms with van der Waals surface area (Å²) in [5.74, 6) is -3.20. The Bertz CT molecular complexity index is 1060. The van der Waals surface area contributed by atoms with E-state index in [1.54, 1.807) is 6.07 Å². The van der Waals surface area contributed by atoms with E-state index in [0.29, 0.717) is 5.56 Å². The lowest BCUT2D eigenvalue weighted by atomic mass is 9.97. The molecule has 0 aliphatic rings. The van der Waals surface area contributed by atoms with Crippen molar-refractivity contribution in [3.8, 4) is 6.07 Å². The zero-order chi connectivity index (χ0) is 24.1. The number of benzene rings is 2. The lowest BCUT2D eigenvalue weighted by Gasteiger charge is -2.18. The van der Waals surface area contributed by atoms with Gasteiger partial charge in [-0.3, -0.25) is 20.0 Å². The Kier molecular flexibility index (Phi) is 8.56. The zero-order valence-corrected chi connectivity index (χ0v) is 18.6. The van der Waals surface area contributed by atoms with Crippen LogP contribution in [0.4, 0.5) is 13.2 Å². The van der Waals surface area contributed by atoms with Gasteiger partial charge in [0, 0.05) is 12.6 Å². The van der Waals surface area contributed by atoms with Gasteiger partial charge in [-0.25, -0.2) is 0 Å². The van der Waals surface area contributed by atoms with Crippen LogP contribution in [0.15, 0.2) is 42.5 Å². The number of nitriles is 1. The molecule has 0 aliphatic heterocycles. The summed E-state index contributed by atoms with van der Waals surface area (Å²) in [7, 11) is 1.29. The highest BCUT2D eigenvalue weighted by Crippen LogP contribution is 2.41. The number of amides is 2. The standard InChI is InChI=1S/C21H15Cl3F3N3O2/c1-30(18(31)8-9-28)29-20(32)13-5-2-12(3-6-13)4-7-15(21(25,26)27)14-10-16(22)19(24)17(23)11-14/h2-7,10-11,15H,8H2,1H3,(H,29,32)/b7-4+. The predicted octanol–water partition coefficient (Wildman–Crippen LogP) is 6.02. The van der Waals surface area contributed by atoms with Crippen LogP contribution in [0.25, 0.3) is 6.08 Å². The number of halogens is 6. The van der Waals surface area contributed by atoms with Gasteiger partial charge in [-0.15, -0.1) is 0 Å². The van der Waals surface area contributed by atoms with Gasteiger partial charge in [-0.05, 0) is 35.4 Å². The van der Waals surface area contributed by atoms with Crippen molar-refractivity contribution >= 4 is 52.7 Å². The number of hydrogen-bond donors (Lipinski definition) is 1. The summed E-state index contributed by atoms with van der Waals surface area (Å²) in [5.41, 5.74) is 2.69. The van der Waals surface area contributed by atoms with Crippen molar-refractivity contribution in [2.24, 2.45) is 0 Å². The molecule has 0 radical (unpaired) electrons. The maximum Gasteiger partial charge on any atom is 0.399 e. The fourth-order valence-corrected chi connectivity index (χ4v) is 3.20. The average Bonchev–Trinajstić information content (AvgIpc) is 2.71. The molecule has 32 heavy (non-hydrogen) atoms. The Labute approximate surface area is 196 Å². The molecule has 0 saturated heterocycles. The molecule has 2 rings (SSSR count). The molecule has 2 amide bonds. The first-order valence-corrected chi connectivity index (χ1v) is 10.0. The Morgan fingerprint density at radius 1 is 1.16 bits per heavy atom. The molecular weight excluding hydrogens is 490 g/mol. The molecule has 1 atom stereocenters. The van der Waals surface area contributed by atoms with Crippen LogP contribution in [0.5, 0.6) is 0 Å². The van der Waals surface area contributed by atoms with Gasteiger partial charge in [-0.1, -0.05) is 59.1 Å². The molecule has 5 nitrogen and oxygen atoms in total. The SMILES string of the molecule is CN(NC(=O)c1ccc(/C=C/C(c2cc(Cl)c(Cl)c(Cl)c2)C(F)(F)F)cc1)C(=O)CC#N. The van der Waals surface area contributed by atoms with E-state index in [-0.39, 0.29) is 26.2 Å². The van der Waals surface area contributed by atoms with Gasteiger partial charge in [0.15, 0.2) is 0 Å². The van der Waals surface area contributed by atoms with Gasteiger partial charge in [0.2, 0.25) is 0 Å². The molecule has 1 N–H and O–H groups in total. The predicted molar refractivity (Wildman–Crippen MR) is 116 cm³/mol. The first-order chi connectivity index (χ1) is 14.9. The summed E-state index contributed by atoms with van der Waals surface area (Å²) in [5, 5.41) is 9.18. The van der Waals surface area contributed by atoms with Crippen LogP contribution in [0.1, 0.15) is 33.8 Å². The molecule has 1 unspecified atom stereocenters. The van der Waals surface area contributed by atoms with Crippen LogP contribution in [-0.4, -0.2) is 30.0 Å². The minimum Gasteiger partial charge on any atom is -0.272 e. The molecule has 0 saturated carbocycles. The van der Waals surface area contributed by atoms with E-state index in [1.807, 2.05) is 0 Å². The van der Waals surface area contributed by atoms with Crippen molar-refractivity contribution in [2.45, 2.75) is 18.5 Å². The average molecular weight is 505 g/mol. The normalized spacial score (nSPS) is 12.3. The molecule has 11 heteroatoms. The van der Waals surface area contributed by atoms with Crippen LogP contribution >= 0.6 is 34.8 Å². The van der Waals surface area contributed by atoms with Gasteiger partial charge in [-0.2, -0.15) is 18.4 Å². The van der Waals surface area contributed by atoms with Gasteiger partial charge in [0.1, 0.15) is 6.42 Å². The van der Waals surface area contributed by atoms with Crippen molar-refractivity contribution in [3.05, 3.63) is 74.2 Å². The summed E-state index contributed by atoms with van der Waals surface area (Å²) in [6.07, 6.45) is -2.82. The topological polar surface area (TPSA) is 73.2 Å². The monoisotopic (exact) mass is 503 g/mol. The Balaban J connectivity index is 2.20. The molecule has 2 aromatic carbocycles. The van der Waals surface area contributed by atoms with Crippen molar-refractivity contribution in [2.75, 3.05) is 7.05 Å². The third kappa shape index (κ3) is 6.63. The van der Waals surface area contributed by atoms with Crippen molar-refractivity contribution in [3.63, 3.8) is 0 Å². The lowest BCUT2D eigenvalue weighted by molar-refractivity contribution is -0.139. The second kappa shape index (κ2) is 10.7. The smallest absolute Gasteiger partial charge is 0.272 e. The highest BCUT2D eigenvalue weighted by molar-refractivity contribution is 6.48. The largest absolute Gasteiger partial charge is 0.399 e. The number of alkyl halides is 3. The van der Waals surface area contributed by atoms with E-state index < -0.39 is 30.3 Å². The molecular formula is C21H15Cl3F3N3O2. The van der Waals surface area contributed by atoms with E-state index in [4.69, 9.17) is 40.1 Å². The summed E-state index contributed by atoms with van der Waals surface area (Å²) in [6.45, 7) is 0.